The molecular formula is C11H19NO2. The van der Waals surface area contributed by atoms with Crippen LogP contribution in [-0.4, -0.2) is 36.6 Å². The summed E-state index contributed by atoms with van der Waals surface area (Å²) in [4.78, 5) is 13.8. The molecule has 1 aliphatic carbocycles. The number of amides is 1. The van der Waals surface area contributed by atoms with Gasteiger partial charge in [-0.25, -0.2) is 0 Å². The Balaban J connectivity index is 1.83. The van der Waals surface area contributed by atoms with Crippen molar-refractivity contribution in [2.75, 3.05) is 19.7 Å². The maximum atomic E-state index is 11.8. The van der Waals surface area contributed by atoms with Gasteiger partial charge in [0.2, 0.25) is 5.91 Å². The first-order valence-corrected chi connectivity index (χ1v) is 5.71. The molecule has 2 aliphatic rings. The van der Waals surface area contributed by atoms with Crippen molar-refractivity contribution in [3.05, 3.63) is 0 Å². The van der Waals surface area contributed by atoms with Crippen molar-refractivity contribution in [3.8, 4) is 0 Å². The molecule has 2 rings (SSSR count). The molecule has 0 bridgehead atoms. The van der Waals surface area contributed by atoms with Crippen molar-refractivity contribution in [1.29, 1.82) is 0 Å². The number of hydrogen-bond acceptors (Lipinski definition) is 2. The van der Waals surface area contributed by atoms with Gasteiger partial charge in [-0.2, -0.15) is 0 Å². The summed E-state index contributed by atoms with van der Waals surface area (Å²) in [6.07, 6.45) is 4.71. The number of likely N-dealkylation sites (tertiary alicyclic amines) is 1. The van der Waals surface area contributed by atoms with Crippen LogP contribution in [0.4, 0.5) is 0 Å². The van der Waals surface area contributed by atoms with Gasteiger partial charge in [0, 0.05) is 25.6 Å². The van der Waals surface area contributed by atoms with Gasteiger partial charge in [-0.05, 0) is 32.6 Å². The molecule has 80 valence electrons. The number of rotatable bonds is 3. The number of carbonyl (C=O) groups excluding carboxylic acids is 1. The highest BCUT2D eigenvalue weighted by Crippen LogP contribution is 2.32. The average molecular weight is 197 g/mol. The monoisotopic (exact) mass is 197 g/mol. The lowest BCUT2D eigenvalue weighted by molar-refractivity contribution is -0.136. The normalized spacial score (nSPS) is 27.8. The third kappa shape index (κ3) is 2.27. The van der Waals surface area contributed by atoms with Crippen LogP contribution in [0.1, 0.15) is 32.6 Å². The first kappa shape index (κ1) is 9.97. The van der Waals surface area contributed by atoms with E-state index in [0.29, 0.717) is 11.8 Å². The molecule has 1 atom stereocenters. The number of ether oxygens (including phenoxy) is 1. The first-order chi connectivity index (χ1) is 6.81. The lowest BCUT2D eigenvalue weighted by Crippen LogP contribution is -2.43. The summed E-state index contributed by atoms with van der Waals surface area (Å²) in [6.45, 7) is 4.54. The van der Waals surface area contributed by atoms with Gasteiger partial charge in [-0.15, -0.1) is 0 Å². The summed E-state index contributed by atoms with van der Waals surface area (Å²) < 4.78 is 5.57. The van der Waals surface area contributed by atoms with Crippen LogP contribution < -0.4 is 0 Å². The van der Waals surface area contributed by atoms with Crippen LogP contribution in [-0.2, 0) is 9.53 Å². The van der Waals surface area contributed by atoms with E-state index in [-0.39, 0.29) is 6.10 Å². The number of piperidine rings is 1. The molecule has 1 unspecified atom stereocenters. The molecule has 0 aromatic heterocycles. The molecule has 3 nitrogen and oxygen atoms in total. The molecular weight excluding hydrogens is 178 g/mol. The van der Waals surface area contributed by atoms with Crippen LogP contribution >= 0.6 is 0 Å². The van der Waals surface area contributed by atoms with Crippen molar-refractivity contribution < 1.29 is 9.53 Å². The van der Waals surface area contributed by atoms with Gasteiger partial charge in [0.1, 0.15) is 0 Å². The van der Waals surface area contributed by atoms with Crippen molar-refractivity contribution in [2.45, 2.75) is 38.7 Å². The lowest BCUT2D eigenvalue weighted by atomic mass is 10.1. The van der Waals surface area contributed by atoms with E-state index in [1.807, 2.05) is 11.8 Å². The maximum Gasteiger partial charge on any atom is 0.225 e. The lowest BCUT2D eigenvalue weighted by Gasteiger charge is -2.32. The standard InChI is InChI=1S/C11H19NO2/c1-2-14-10-4-3-7-12(8-10)11(13)9-5-6-9/h9-10H,2-8H2,1H3. The zero-order chi connectivity index (χ0) is 9.97. The van der Waals surface area contributed by atoms with Crippen molar-refractivity contribution >= 4 is 5.91 Å². The fourth-order valence-electron chi connectivity index (χ4n) is 2.10. The SMILES string of the molecule is CCOC1CCCN(C(=O)C2CC2)C1. The highest BCUT2D eigenvalue weighted by atomic mass is 16.5. The summed E-state index contributed by atoms with van der Waals surface area (Å²) in [5, 5.41) is 0. The third-order valence-corrected chi connectivity index (χ3v) is 3.02. The molecule has 0 spiro atoms. The second-order valence-electron chi connectivity index (χ2n) is 4.28. The Morgan fingerprint density at radius 2 is 2.21 bits per heavy atom. The maximum absolute atomic E-state index is 11.8. The zero-order valence-electron chi connectivity index (χ0n) is 8.87. The molecule has 14 heavy (non-hydrogen) atoms. The molecule has 0 N–H and O–H groups in total. The van der Waals surface area contributed by atoms with Gasteiger partial charge in [0.25, 0.3) is 0 Å². The molecule has 1 amide bonds. The Kier molecular flexibility index (Phi) is 3.06. The summed E-state index contributed by atoms with van der Waals surface area (Å²) in [6, 6.07) is 0. The summed E-state index contributed by atoms with van der Waals surface area (Å²) in [5.41, 5.74) is 0. The summed E-state index contributed by atoms with van der Waals surface area (Å²) >= 11 is 0. The molecule has 0 aromatic carbocycles. The molecule has 3 heteroatoms. The van der Waals surface area contributed by atoms with Crippen molar-refractivity contribution in [1.82, 2.24) is 4.90 Å². The highest BCUT2D eigenvalue weighted by Gasteiger charge is 2.35. The van der Waals surface area contributed by atoms with E-state index >= 15 is 0 Å². The number of carbonyl (C=O) groups is 1. The molecule has 1 heterocycles. The van der Waals surface area contributed by atoms with E-state index in [1.54, 1.807) is 0 Å². The zero-order valence-corrected chi connectivity index (χ0v) is 8.87. The average Bonchev–Trinajstić information content (AvgIpc) is 3.01. The third-order valence-electron chi connectivity index (χ3n) is 3.02. The summed E-state index contributed by atoms with van der Waals surface area (Å²) in [5.74, 6) is 0.727. The molecule has 1 saturated heterocycles. The topological polar surface area (TPSA) is 29.5 Å². The molecule has 0 aromatic rings. The van der Waals surface area contributed by atoms with Crippen molar-refractivity contribution in [3.63, 3.8) is 0 Å². The number of hydrogen-bond donors (Lipinski definition) is 0. The van der Waals surface area contributed by atoms with Crippen LogP contribution in [0.3, 0.4) is 0 Å². The Hall–Kier alpha value is -0.570. The minimum absolute atomic E-state index is 0.288. The van der Waals surface area contributed by atoms with Gasteiger partial charge in [0.05, 0.1) is 6.10 Å². The first-order valence-electron chi connectivity index (χ1n) is 5.71. The van der Waals surface area contributed by atoms with Crippen LogP contribution in [0.5, 0.6) is 0 Å². The van der Waals surface area contributed by atoms with Gasteiger partial charge in [-0.1, -0.05) is 0 Å². The predicted octanol–water partition coefficient (Wildman–Crippen LogP) is 1.42. The van der Waals surface area contributed by atoms with E-state index in [1.165, 1.54) is 0 Å². The smallest absolute Gasteiger partial charge is 0.225 e. The van der Waals surface area contributed by atoms with Crippen LogP contribution in [0.2, 0.25) is 0 Å². The van der Waals surface area contributed by atoms with Crippen molar-refractivity contribution in [2.24, 2.45) is 5.92 Å². The van der Waals surface area contributed by atoms with Crippen LogP contribution in [0, 0.1) is 5.92 Å². The van der Waals surface area contributed by atoms with E-state index < -0.39 is 0 Å². The largest absolute Gasteiger partial charge is 0.377 e. The highest BCUT2D eigenvalue weighted by molar-refractivity contribution is 5.81. The van der Waals surface area contributed by atoms with Gasteiger partial charge in [-0.3, -0.25) is 4.79 Å². The van der Waals surface area contributed by atoms with E-state index in [2.05, 4.69) is 0 Å². The second-order valence-corrected chi connectivity index (χ2v) is 4.28. The summed E-state index contributed by atoms with van der Waals surface area (Å²) in [7, 11) is 0. The van der Waals surface area contributed by atoms with E-state index in [4.69, 9.17) is 4.74 Å². The molecule has 2 fully saturated rings. The molecule has 1 saturated carbocycles. The van der Waals surface area contributed by atoms with Gasteiger partial charge in [0.15, 0.2) is 0 Å². The van der Waals surface area contributed by atoms with E-state index in [9.17, 15) is 4.79 Å². The Morgan fingerprint density at radius 1 is 1.43 bits per heavy atom. The molecule has 1 aliphatic heterocycles. The van der Waals surface area contributed by atoms with E-state index in [0.717, 1.165) is 45.4 Å². The fraction of sp³-hybridized carbons (Fsp3) is 0.909. The quantitative estimate of drug-likeness (QED) is 0.685. The van der Waals surface area contributed by atoms with Gasteiger partial charge < -0.3 is 9.64 Å². The Labute approximate surface area is 85.4 Å². The van der Waals surface area contributed by atoms with Crippen LogP contribution in [0.25, 0.3) is 0 Å². The molecule has 0 radical (unpaired) electrons. The minimum atomic E-state index is 0.288. The van der Waals surface area contributed by atoms with Gasteiger partial charge >= 0.3 is 0 Å². The number of nitrogens with zero attached hydrogens (tertiary/aromatic N) is 1. The Morgan fingerprint density at radius 3 is 2.86 bits per heavy atom. The Bertz CT molecular complexity index is 211. The van der Waals surface area contributed by atoms with Crippen LogP contribution in [0.15, 0.2) is 0 Å². The fourth-order valence-corrected chi connectivity index (χ4v) is 2.10. The minimum Gasteiger partial charge on any atom is -0.377 e. The predicted molar refractivity (Wildman–Crippen MR) is 54.0 cm³/mol. The second kappa shape index (κ2) is 4.30.